The first-order valence-corrected chi connectivity index (χ1v) is 8.80. The molecule has 0 bridgehead atoms. The summed E-state index contributed by atoms with van der Waals surface area (Å²) in [5, 5.41) is 6.01. The van der Waals surface area contributed by atoms with Gasteiger partial charge in [0.1, 0.15) is 5.82 Å². The van der Waals surface area contributed by atoms with Gasteiger partial charge in [-0.3, -0.25) is 4.79 Å². The molecule has 0 aliphatic heterocycles. The minimum Gasteiger partial charge on any atom is -0.465 e. The van der Waals surface area contributed by atoms with Crippen LogP contribution in [0.5, 0.6) is 0 Å². The van der Waals surface area contributed by atoms with E-state index in [0.717, 1.165) is 11.1 Å². The summed E-state index contributed by atoms with van der Waals surface area (Å²) in [4.78, 5) is 28.3. The molecule has 3 aromatic rings. The van der Waals surface area contributed by atoms with Crippen molar-refractivity contribution in [3.63, 3.8) is 0 Å². The number of aromatic nitrogens is 1. The normalized spacial score (nSPS) is 10.2. The van der Waals surface area contributed by atoms with Crippen LogP contribution >= 0.6 is 0 Å². The molecule has 0 aliphatic carbocycles. The van der Waals surface area contributed by atoms with Crippen molar-refractivity contribution in [2.75, 3.05) is 12.4 Å². The van der Waals surface area contributed by atoms with Crippen LogP contribution in [0.2, 0.25) is 0 Å². The number of anilines is 2. The van der Waals surface area contributed by atoms with Crippen LogP contribution in [0.3, 0.4) is 0 Å². The minimum absolute atomic E-state index is 0.185. The zero-order chi connectivity index (χ0) is 19.9. The number of aryl methyl sites for hydroxylation is 1. The third kappa shape index (κ3) is 4.94. The van der Waals surface area contributed by atoms with E-state index in [4.69, 9.17) is 4.74 Å². The van der Waals surface area contributed by atoms with Gasteiger partial charge in [0, 0.05) is 24.0 Å². The minimum atomic E-state index is -0.416. The summed E-state index contributed by atoms with van der Waals surface area (Å²) >= 11 is 0. The van der Waals surface area contributed by atoms with E-state index in [9.17, 15) is 9.59 Å². The molecule has 1 heterocycles. The van der Waals surface area contributed by atoms with Crippen molar-refractivity contribution in [1.82, 2.24) is 10.3 Å². The molecule has 2 aromatic carbocycles. The van der Waals surface area contributed by atoms with Gasteiger partial charge in [0.25, 0.3) is 5.91 Å². The van der Waals surface area contributed by atoms with E-state index in [0.29, 0.717) is 29.2 Å². The summed E-state index contributed by atoms with van der Waals surface area (Å²) in [6.07, 6.45) is 1.56. The van der Waals surface area contributed by atoms with Crippen molar-refractivity contribution in [3.8, 4) is 0 Å². The lowest BCUT2D eigenvalue weighted by atomic mass is 10.1. The lowest BCUT2D eigenvalue weighted by Crippen LogP contribution is -2.23. The fourth-order valence-corrected chi connectivity index (χ4v) is 2.74. The topological polar surface area (TPSA) is 80.3 Å². The Morgan fingerprint density at radius 2 is 1.82 bits per heavy atom. The molecule has 6 nitrogen and oxygen atoms in total. The van der Waals surface area contributed by atoms with Gasteiger partial charge in [0.05, 0.1) is 12.7 Å². The van der Waals surface area contributed by atoms with Gasteiger partial charge in [0.15, 0.2) is 0 Å². The summed E-state index contributed by atoms with van der Waals surface area (Å²) in [7, 11) is 1.34. The number of carbonyl (C=O) groups excluding carboxylic acids is 2. The highest BCUT2D eigenvalue weighted by molar-refractivity contribution is 5.95. The Bertz CT molecular complexity index is 1000. The molecule has 2 N–H and O–H groups in total. The van der Waals surface area contributed by atoms with Gasteiger partial charge in [0.2, 0.25) is 0 Å². The van der Waals surface area contributed by atoms with Crippen LogP contribution in [0, 0.1) is 6.92 Å². The van der Waals surface area contributed by atoms with Gasteiger partial charge in [-0.25, -0.2) is 9.78 Å². The Morgan fingerprint density at radius 1 is 1.00 bits per heavy atom. The van der Waals surface area contributed by atoms with Gasteiger partial charge in [-0.1, -0.05) is 35.9 Å². The number of rotatable bonds is 6. The molecule has 0 aliphatic rings. The number of methoxy groups -OCH3 is 1. The molecule has 0 atom stereocenters. The van der Waals surface area contributed by atoms with Crippen LogP contribution in [-0.2, 0) is 11.3 Å². The molecule has 1 aromatic heterocycles. The summed E-state index contributed by atoms with van der Waals surface area (Å²) < 4.78 is 4.73. The Labute approximate surface area is 163 Å². The number of benzene rings is 2. The van der Waals surface area contributed by atoms with E-state index in [1.807, 2.05) is 31.2 Å². The number of carbonyl (C=O) groups is 2. The Balaban J connectivity index is 1.68. The third-order valence-corrected chi connectivity index (χ3v) is 4.11. The standard InChI is InChI=1S/C22H21N3O3/c1-15-5-3-6-16(11-15)14-24-21(26)17-9-10-23-20(13-17)25-19-8-4-7-18(12-19)22(27)28-2/h3-13H,14H2,1-2H3,(H,23,25)(H,24,26). The lowest BCUT2D eigenvalue weighted by Gasteiger charge is -2.09. The van der Waals surface area contributed by atoms with Crippen LogP contribution in [0.1, 0.15) is 31.8 Å². The molecular formula is C22H21N3O3. The molecule has 0 radical (unpaired) electrons. The quantitative estimate of drug-likeness (QED) is 0.640. The molecule has 0 saturated carbocycles. The van der Waals surface area contributed by atoms with Crippen LogP contribution in [0.4, 0.5) is 11.5 Å². The molecule has 1 amide bonds. The molecular weight excluding hydrogens is 354 g/mol. The smallest absolute Gasteiger partial charge is 0.337 e. The number of hydrogen-bond donors (Lipinski definition) is 2. The highest BCUT2D eigenvalue weighted by Crippen LogP contribution is 2.17. The van der Waals surface area contributed by atoms with Gasteiger partial charge in [-0.2, -0.15) is 0 Å². The van der Waals surface area contributed by atoms with Crippen molar-refractivity contribution < 1.29 is 14.3 Å². The predicted molar refractivity (Wildman–Crippen MR) is 108 cm³/mol. The second kappa shape index (κ2) is 8.81. The second-order valence-electron chi connectivity index (χ2n) is 6.30. The van der Waals surface area contributed by atoms with E-state index in [1.54, 1.807) is 42.6 Å². The first kappa shape index (κ1) is 19.1. The highest BCUT2D eigenvalue weighted by Gasteiger charge is 2.09. The van der Waals surface area contributed by atoms with E-state index in [-0.39, 0.29) is 5.91 Å². The zero-order valence-electron chi connectivity index (χ0n) is 15.7. The molecule has 0 fully saturated rings. The van der Waals surface area contributed by atoms with Crippen molar-refractivity contribution in [3.05, 3.63) is 89.1 Å². The summed E-state index contributed by atoms with van der Waals surface area (Å²) in [5.41, 5.74) is 3.79. The molecule has 0 spiro atoms. The first-order valence-electron chi connectivity index (χ1n) is 8.80. The summed E-state index contributed by atoms with van der Waals surface area (Å²) in [6, 6.07) is 18.2. The maximum absolute atomic E-state index is 12.5. The summed E-state index contributed by atoms with van der Waals surface area (Å²) in [6.45, 7) is 2.47. The van der Waals surface area contributed by atoms with Gasteiger partial charge >= 0.3 is 5.97 Å². The first-order chi connectivity index (χ1) is 13.5. The second-order valence-corrected chi connectivity index (χ2v) is 6.30. The van der Waals surface area contributed by atoms with Crippen molar-refractivity contribution in [2.24, 2.45) is 0 Å². The van der Waals surface area contributed by atoms with Crippen molar-refractivity contribution in [2.45, 2.75) is 13.5 Å². The number of hydrogen-bond acceptors (Lipinski definition) is 5. The Hall–Kier alpha value is -3.67. The maximum atomic E-state index is 12.5. The van der Waals surface area contributed by atoms with Crippen molar-refractivity contribution >= 4 is 23.4 Å². The lowest BCUT2D eigenvalue weighted by molar-refractivity contribution is 0.0600. The average molecular weight is 375 g/mol. The number of nitrogens with zero attached hydrogens (tertiary/aromatic N) is 1. The Morgan fingerprint density at radius 3 is 2.61 bits per heavy atom. The van der Waals surface area contributed by atoms with Crippen molar-refractivity contribution in [1.29, 1.82) is 0 Å². The summed E-state index contributed by atoms with van der Waals surface area (Å²) in [5.74, 6) is -0.0959. The molecule has 0 unspecified atom stereocenters. The largest absolute Gasteiger partial charge is 0.465 e. The van der Waals surface area contributed by atoms with Gasteiger partial charge in [-0.05, 0) is 42.8 Å². The average Bonchev–Trinajstić information content (AvgIpc) is 2.72. The third-order valence-electron chi connectivity index (χ3n) is 4.11. The Kier molecular flexibility index (Phi) is 6.01. The fraction of sp³-hybridized carbons (Fsp3) is 0.136. The molecule has 28 heavy (non-hydrogen) atoms. The molecule has 142 valence electrons. The molecule has 0 saturated heterocycles. The number of pyridine rings is 1. The van der Waals surface area contributed by atoms with E-state index < -0.39 is 5.97 Å². The monoisotopic (exact) mass is 375 g/mol. The van der Waals surface area contributed by atoms with Crippen LogP contribution in [-0.4, -0.2) is 24.0 Å². The highest BCUT2D eigenvalue weighted by atomic mass is 16.5. The van der Waals surface area contributed by atoms with Gasteiger partial charge < -0.3 is 15.4 Å². The maximum Gasteiger partial charge on any atom is 0.337 e. The predicted octanol–water partition coefficient (Wildman–Crippen LogP) is 3.85. The van der Waals surface area contributed by atoms with Crippen LogP contribution in [0.15, 0.2) is 66.9 Å². The fourth-order valence-electron chi connectivity index (χ4n) is 2.74. The van der Waals surface area contributed by atoms with E-state index >= 15 is 0 Å². The number of nitrogens with one attached hydrogen (secondary N) is 2. The number of amides is 1. The van der Waals surface area contributed by atoms with E-state index in [1.165, 1.54) is 7.11 Å². The van der Waals surface area contributed by atoms with Crippen LogP contribution in [0.25, 0.3) is 0 Å². The van der Waals surface area contributed by atoms with Crippen LogP contribution < -0.4 is 10.6 Å². The number of esters is 1. The SMILES string of the molecule is COC(=O)c1cccc(Nc2cc(C(=O)NCc3cccc(C)c3)ccn2)c1. The van der Waals surface area contributed by atoms with E-state index in [2.05, 4.69) is 15.6 Å². The zero-order valence-corrected chi connectivity index (χ0v) is 15.7. The molecule has 6 heteroatoms. The number of ether oxygens (including phenoxy) is 1. The van der Waals surface area contributed by atoms with Gasteiger partial charge in [-0.15, -0.1) is 0 Å². The molecule has 3 rings (SSSR count).